The molecule has 0 saturated heterocycles. The molecule has 1 amide bonds. The Morgan fingerprint density at radius 2 is 2.05 bits per heavy atom. The summed E-state index contributed by atoms with van der Waals surface area (Å²) in [6.45, 7) is 2.48. The fourth-order valence-electron chi connectivity index (χ4n) is 1.69. The molecule has 1 aromatic heterocycles. The summed E-state index contributed by atoms with van der Waals surface area (Å²) in [5, 5.41) is 2.70. The van der Waals surface area contributed by atoms with E-state index in [0.29, 0.717) is 12.2 Å². The van der Waals surface area contributed by atoms with Crippen molar-refractivity contribution in [3.05, 3.63) is 51.5 Å². The topological polar surface area (TPSA) is 55.1 Å². The molecule has 3 N–H and O–H groups in total. The summed E-state index contributed by atoms with van der Waals surface area (Å²) in [6, 6.07) is 7.98. The molecule has 0 aliphatic carbocycles. The number of amides is 1. The normalized spacial score (nSPS) is 10.4. The average Bonchev–Trinajstić information content (AvgIpc) is 2.87. The van der Waals surface area contributed by atoms with Crippen LogP contribution < -0.4 is 11.1 Å². The van der Waals surface area contributed by atoms with Gasteiger partial charge in [0.05, 0.1) is 12.1 Å². The number of rotatable bonds is 4. The van der Waals surface area contributed by atoms with Crippen LogP contribution in [0.5, 0.6) is 0 Å². The van der Waals surface area contributed by atoms with Gasteiger partial charge < -0.3 is 11.1 Å². The lowest BCUT2D eigenvalue weighted by Gasteiger charge is -2.05. The van der Waals surface area contributed by atoms with Crippen molar-refractivity contribution in [1.29, 1.82) is 0 Å². The Balaban J connectivity index is 2.03. The highest BCUT2D eigenvalue weighted by molar-refractivity contribution is 7.11. The van der Waals surface area contributed by atoms with Crippen molar-refractivity contribution in [3.63, 3.8) is 0 Å². The van der Waals surface area contributed by atoms with Crippen LogP contribution in [-0.4, -0.2) is 5.91 Å². The van der Waals surface area contributed by atoms with Crippen LogP contribution in [0.1, 0.15) is 27.0 Å². The molecule has 1 heterocycles. The fourth-order valence-corrected chi connectivity index (χ4v) is 2.58. The number of hydrogen-bond donors (Lipinski definition) is 2. The number of nitrogens with one attached hydrogen (secondary N) is 1. The van der Waals surface area contributed by atoms with Crippen LogP contribution in [0.15, 0.2) is 30.3 Å². The van der Waals surface area contributed by atoms with Gasteiger partial charge in [-0.05, 0) is 36.8 Å². The first kappa shape index (κ1) is 13.5. The highest BCUT2D eigenvalue weighted by Crippen LogP contribution is 2.17. The van der Waals surface area contributed by atoms with E-state index in [-0.39, 0.29) is 5.56 Å². The third kappa shape index (κ3) is 3.32. The summed E-state index contributed by atoms with van der Waals surface area (Å²) >= 11 is 1.64. The molecular formula is C14H15FN2OS. The average molecular weight is 278 g/mol. The van der Waals surface area contributed by atoms with Gasteiger partial charge >= 0.3 is 0 Å². The molecule has 0 unspecified atom stereocenters. The minimum Gasteiger partial charge on any atom is -0.399 e. The molecule has 0 spiro atoms. The van der Waals surface area contributed by atoms with Gasteiger partial charge in [-0.3, -0.25) is 4.79 Å². The maximum absolute atomic E-state index is 13.5. The van der Waals surface area contributed by atoms with Crippen LogP contribution >= 0.6 is 11.3 Å². The first-order valence-corrected chi connectivity index (χ1v) is 6.82. The molecule has 5 heteroatoms. The Labute approximate surface area is 115 Å². The van der Waals surface area contributed by atoms with Gasteiger partial charge in [0.1, 0.15) is 5.82 Å². The first-order chi connectivity index (χ1) is 9.10. The number of nitrogens with two attached hydrogens (primary N) is 1. The highest BCUT2D eigenvalue weighted by Gasteiger charge is 2.12. The smallest absolute Gasteiger partial charge is 0.254 e. The Morgan fingerprint density at radius 1 is 1.32 bits per heavy atom. The van der Waals surface area contributed by atoms with Crippen LogP contribution in [0.2, 0.25) is 0 Å². The number of carbonyl (C=O) groups is 1. The third-order valence-corrected chi connectivity index (χ3v) is 3.95. The van der Waals surface area contributed by atoms with Gasteiger partial charge in [0, 0.05) is 15.4 Å². The number of halogens is 1. The maximum atomic E-state index is 13.5. The zero-order valence-corrected chi connectivity index (χ0v) is 11.4. The van der Waals surface area contributed by atoms with Crippen molar-refractivity contribution in [3.8, 4) is 0 Å². The summed E-state index contributed by atoms with van der Waals surface area (Å²) in [5.74, 6) is -1.01. The molecule has 0 radical (unpaired) electrons. The molecule has 1 aromatic carbocycles. The zero-order valence-electron chi connectivity index (χ0n) is 10.6. The van der Waals surface area contributed by atoms with Gasteiger partial charge in [0.15, 0.2) is 0 Å². The van der Waals surface area contributed by atoms with E-state index in [1.54, 1.807) is 11.3 Å². The van der Waals surface area contributed by atoms with E-state index in [4.69, 9.17) is 5.73 Å². The lowest BCUT2D eigenvalue weighted by molar-refractivity contribution is 0.0947. The number of nitrogen functional groups attached to an aromatic ring is 1. The third-order valence-electron chi connectivity index (χ3n) is 2.72. The SMILES string of the molecule is CCc1ccc(CNC(=O)c2cc(N)ccc2F)s1. The monoisotopic (exact) mass is 278 g/mol. The number of hydrogen-bond acceptors (Lipinski definition) is 3. The van der Waals surface area contributed by atoms with E-state index in [1.165, 1.54) is 23.1 Å². The predicted octanol–water partition coefficient (Wildman–Crippen LogP) is 2.96. The Hall–Kier alpha value is -1.88. The van der Waals surface area contributed by atoms with Crippen LogP contribution in [0.4, 0.5) is 10.1 Å². The largest absolute Gasteiger partial charge is 0.399 e. The van der Waals surface area contributed by atoms with Gasteiger partial charge in [-0.2, -0.15) is 0 Å². The first-order valence-electron chi connectivity index (χ1n) is 6.01. The second-order valence-corrected chi connectivity index (χ2v) is 5.40. The molecular weight excluding hydrogens is 263 g/mol. The second-order valence-electron chi connectivity index (χ2n) is 4.14. The Kier molecular flexibility index (Phi) is 4.16. The van der Waals surface area contributed by atoms with Crippen molar-refractivity contribution in [2.24, 2.45) is 0 Å². The lowest BCUT2D eigenvalue weighted by atomic mass is 10.2. The van der Waals surface area contributed by atoms with Gasteiger partial charge in [0.25, 0.3) is 5.91 Å². The number of carbonyl (C=O) groups excluding carboxylic acids is 1. The maximum Gasteiger partial charge on any atom is 0.254 e. The van der Waals surface area contributed by atoms with Crippen molar-refractivity contribution in [2.45, 2.75) is 19.9 Å². The molecule has 100 valence electrons. The second kappa shape index (κ2) is 5.84. The van der Waals surface area contributed by atoms with Crippen LogP contribution in [0.25, 0.3) is 0 Å². The summed E-state index contributed by atoms with van der Waals surface area (Å²) < 4.78 is 13.5. The molecule has 0 aliphatic heterocycles. The summed E-state index contributed by atoms with van der Waals surface area (Å²) in [6.07, 6.45) is 0.975. The van der Waals surface area contributed by atoms with E-state index in [1.807, 2.05) is 12.1 Å². The van der Waals surface area contributed by atoms with E-state index in [9.17, 15) is 9.18 Å². The number of aryl methyl sites for hydroxylation is 1. The number of benzene rings is 1. The predicted molar refractivity (Wildman–Crippen MR) is 75.7 cm³/mol. The molecule has 3 nitrogen and oxygen atoms in total. The quantitative estimate of drug-likeness (QED) is 0.845. The number of thiophene rings is 1. The van der Waals surface area contributed by atoms with Crippen molar-refractivity contribution < 1.29 is 9.18 Å². The van der Waals surface area contributed by atoms with E-state index < -0.39 is 11.7 Å². The standard InChI is InChI=1S/C14H15FN2OS/c1-2-10-4-5-11(19-10)8-17-14(18)12-7-9(16)3-6-13(12)15/h3-7H,2,8,16H2,1H3,(H,17,18). The Bertz CT molecular complexity index is 595. The number of anilines is 1. The van der Waals surface area contributed by atoms with Crippen molar-refractivity contribution in [1.82, 2.24) is 5.32 Å². The van der Waals surface area contributed by atoms with Crippen LogP contribution in [0.3, 0.4) is 0 Å². The van der Waals surface area contributed by atoms with Crippen LogP contribution in [0, 0.1) is 5.82 Å². The van der Waals surface area contributed by atoms with E-state index in [2.05, 4.69) is 12.2 Å². The molecule has 0 bridgehead atoms. The molecule has 0 saturated carbocycles. The van der Waals surface area contributed by atoms with Crippen LogP contribution in [-0.2, 0) is 13.0 Å². The molecule has 0 aliphatic rings. The van der Waals surface area contributed by atoms with Crippen molar-refractivity contribution >= 4 is 22.9 Å². The molecule has 0 fully saturated rings. The molecule has 19 heavy (non-hydrogen) atoms. The minimum atomic E-state index is -0.563. The highest BCUT2D eigenvalue weighted by atomic mass is 32.1. The van der Waals surface area contributed by atoms with E-state index >= 15 is 0 Å². The summed E-state index contributed by atoms with van der Waals surface area (Å²) in [4.78, 5) is 14.2. The fraction of sp³-hybridized carbons (Fsp3) is 0.214. The zero-order chi connectivity index (χ0) is 13.8. The summed E-state index contributed by atoms with van der Waals surface area (Å²) in [7, 11) is 0. The molecule has 2 aromatic rings. The molecule has 0 atom stereocenters. The molecule has 2 rings (SSSR count). The summed E-state index contributed by atoms with van der Waals surface area (Å²) in [5.41, 5.74) is 5.90. The van der Waals surface area contributed by atoms with E-state index in [0.717, 1.165) is 11.3 Å². The lowest BCUT2D eigenvalue weighted by Crippen LogP contribution is -2.23. The Morgan fingerprint density at radius 3 is 2.74 bits per heavy atom. The van der Waals surface area contributed by atoms with Gasteiger partial charge in [-0.15, -0.1) is 11.3 Å². The van der Waals surface area contributed by atoms with Gasteiger partial charge in [-0.25, -0.2) is 4.39 Å². The van der Waals surface area contributed by atoms with Gasteiger partial charge in [-0.1, -0.05) is 6.92 Å². The minimum absolute atomic E-state index is 0.0210. The van der Waals surface area contributed by atoms with Gasteiger partial charge in [0.2, 0.25) is 0 Å². The van der Waals surface area contributed by atoms with Crippen molar-refractivity contribution in [2.75, 3.05) is 5.73 Å².